The average molecular weight is 458 g/mol. The van der Waals surface area contributed by atoms with Crippen LogP contribution in [0.2, 0.25) is 0 Å². The number of hydrogen-bond acceptors (Lipinski definition) is 1. The van der Waals surface area contributed by atoms with Crippen molar-refractivity contribution in [3.63, 3.8) is 0 Å². The fourth-order valence-electron chi connectivity index (χ4n) is 3.44. The van der Waals surface area contributed by atoms with Gasteiger partial charge in [0.2, 0.25) is 0 Å². The number of unbranched alkanes of at least 4 members (excludes halogenated alkanes) is 9. The summed E-state index contributed by atoms with van der Waals surface area (Å²) in [5, 5.41) is 9.81. The zero-order valence-electron chi connectivity index (χ0n) is 16.0. The molecule has 3 heteroatoms. The van der Waals surface area contributed by atoms with Crippen molar-refractivity contribution in [1.29, 1.82) is 0 Å². The number of carboxylic acids is 1. The average Bonchev–Trinajstić information content (AvgIpc) is 2.62. The Morgan fingerprint density at radius 1 is 0.960 bits per heavy atom. The molecule has 2 nitrogen and oxygen atoms in total. The van der Waals surface area contributed by atoms with E-state index in [2.05, 4.69) is 36.4 Å². The highest BCUT2D eigenvalue weighted by Crippen LogP contribution is 2.42. The first-order valence-electron chi connectivity index (χ1n) is 10.0. The van der Waals surface area contributed by atoms with E-state index in [1.54, 1.807) is 0 Å². The van der Waals surface area contributed by atoms with Crippen LogP contribution in [0.1, 0.15) is 90.0 Å². The van der Waals surface area contributed by atoms with Crippen LogP contribution in [-0.2, 0) is 8.22 Å². The molecule has 0 spiro atoms. The van der Waals surface area contributed by atoms with Crippen molar-refractivity contribution in [3.05, 3.63) is 35.9 Å². The van der Waals surface area contributed by atoms with Crippen LogP contribution in [0.15, 0.2) is 30.3 Å². The van der Waals surface area contributed by atoms with E-state index in [0.29, 0.717) is 0 Å². The van der Waals surface area contributed by atoms with Crippen molar-refractivity contribution < 1.29 is 9.90 Å². The first-order chi connectivity index (χ1) is 12.0. The van der Waals surface area contributed by atoms with E-state index in [-0.39, 0.29) is 5.92 Å². The third kappa shape index (κ3) is 7.67. The van der Waals surface area contributed by atoms with Crippen molar-refractivity contribution >= 4 is 28.6 Å². The molecule has 2 atom stereocenters. The Hall–Kier alpha value is -0.580. The van der Waals surface area contributed by atoms with Crippen LogP contribution in [0.3, 0.4) is 0 Å². The smallest absolute Gasteiger partial charge is 0.324 e. The van der Waals surface area contributed by atoms with E-state index in [9.17, 15) is 9.90 Å². The maximum Gasteiger partial charge on any atom is 0.324 e. The maximum atomic E-state index is 11.9. The Bertz CT molecular complexity index is 474. The molecule has 0 amide bonds. The summed E-state index contributed by atoms with van der Waals surface area (Å²) in [6.07, 6.45) is 14.1. The highest BCUT2D eigenvalue weighted by Gasteiger charge is 2.42. The molecule has 1 aromatic carbocycles. The lowest BCUT2D eigenvalue weighted by Crippen LogP contribution is -2.35. The minimum atomic E-state index is -0.821. The first-order valence-corrected chi connectivity index (χ1v) is 11.1. The molecular formula is C22H35IO2. The summed E-state index contributed by atoms with van der Waals surface area (Å²) >= 11 is 2.15. The summed E-state index contributed by atoms with van der Waals surface area (Å²) in [6, 6.07) is 9.68. The lowest BCUT2D eigenvalue weighted by molar-refractivity contribution is -0.141. The topological polar surface area (TPSA) is 37.3 Å². The van der Waals surface area contributed by atoms with E-state index >= 15 is 0 Å². The van der Waals surface area contributed by atoms with Crippen LogP contribution in [0.5, 0.6) is 0 Å². The summed E-state index contributed by atoms with van der Waals surface area (Å²) in [5.74, 6) is -0.596. The molecule has 0 aromatic heterocycles. The van der Waals surface area contributed by atoms with E-state index in [4.69, 9.17) is 0 Å². The molecule has 0 saturated carbocycles. The van der Waals surface area contributed by atoms with Gasteiger partial charge in [0, 0.05) is 0 Å². The van der Waals surface area contributed by atoms with Gasteiger partial charge in [-0.15, -0.1) is 0 Å². The van der Waals surface area contributed by atoms with E-state index in [0.717, 1.165) is 18.4 Å². The summed E-state index contributed by atoms with van der Waals surface area (Å²) in [5.41, 5.74) is 0.905. The minimum absolute atomic E-state index is 0.127. The summed E-state index contributed by atoms with van der Waals surface area (Å²) in [7, 11) is 0. The number of aliphatic carboxylic acids is 1. The van der Waals surface area contributed by atoms with Crippen molar-refractivity contribution in [2.75, 3.05) is 0 Å². The number of rotatable bonds is 14. The van der Waals surface area contributed by atoms with Gasteiger partial charge in [0.25, 0.3) is 0 Å². The second-order valence-corrected chi connectivity index (χ2v) is 8.96. The molecule has 25 heavy (non-hydrogen) atoms. The van der Waals surface area contributed by atoms with Crippen molar-refractivity contribution in [2.24, 2.45) is 5.92 Å². The molecule has 0 aliphatic rings. The lowest BCUT2D eigenvalue weighted by atomic mass is 9.84. The van der Waals surface area contributed by atoms with Gasteiger partial charge in [0.1, 0.15) is 3.42 Å². The van der Waals surface area contributed by atoms with Crippen LogP contribution in [0.4, 0.5) is 0 Å². The van der Waals surface area contributed by atoms with Crippen LogP contribution >= 0.6 is 22.6 Å². The molecule has 142 valence electrons. The Morgan fingerprint density at radius 3 is 1.92 bits per heavy atom. The Balaban J connectivity index is 2.28. The molecule has 0 aliphatic carbocycles. The normalized spacial score (nSPS) is 14.8. The fraction of sp³-hybridized carbons (Fsp3) is 0.682. The second kappa shape index (κ2) is 12.7. The second-order valence-electron chi connectivity index (χ2n) is 7.25. The van der Waals surface area contributed by atoms with Gasteiger partial charge in [-0.25, -0.2) is 0 Å². The lowest BCUT2D eigenvalue weighted by Gasteiger charge is -2.30. The zero-order valence-corrected chi connectivity index (χ0v) is 18.1. The van der Waals surface area contributed by atoms with E-state index < -0.39 is 9.39 Å². The van der Waals surface area contributed by atoms with Gasteiger partial charge in [-0.05, 0) is 17.9 Å². The third-order valence-corrected chi connectivity index (χ3v) is 7.32. The number of carbonyl (C=O) groups is 1. The number of halogens is 1. The predicted molar refractivity (Wildman–Crippen MR) is 115 cm³/mol. The molecule has 1 aromatic rings. The van der Waals surface area contributed by atoms with Crippen LogP contribution < -0.4 is 0 Å². The van der Waals surface area contributed by atoms with E-state index in [1.165, 1.54) is 57.8 Å². The molecule has 0 radical (unpaired) electrons. The number of alkyl halides is 1. The van der Waals surface area contributed by atoms with Gasteiger partial charge in [-0.3, -0.25) is 4.79 Å². The SMILES string of the molecule is CCCCCCCCCCCCC(C)C(I)(C(=O)O)c1ccccc1. The summed E-state index contributed by atoms with van der Waals surface area (Å²) < 4.78 is -0.821. The van der Waals surface area contributed by atoms with Gasteiger partial charge in [-0.2, -0.15) is 0 Å². The molecule has 1 rings (SSSR count). The molecule has 0 heterocycles. The van der Waals surface area contributed by atoms with E-state index in [1.807, 2.05) is 30.3 Å². The zero-order chi connectivity index (χ0) is 18.5. The monoisotopic (exact) mass is 458 g/mol. The van der Waals surface area contributed by atoms with Crippen molar-refractivity contribution in [3.8, 4) is 0 Å². The molecule has 0 saturated heterocycles. The van der Waals surface area contributed by atoms with Crippen LogP contribution in [0, 0.1) is 5.92 Å². The van der Waals surface area contributed by atoms with Crippen molar-refractivity contribution in [1.82, 2.24) is 0 Å². The standard InChI is InChI=1S/C22H35IO2/c1-3-4-5-6-7-8-9-10-11-13-16-19(2)22(23,21(24)25)20-17-14-12-15-18-20/h12,14-15,17-19H,3-11,13,16H2,1-2H3,(H,24,25). The quantitative estimate of drug-likeness (QED) is 0.180. The molecule has 1 N–H and O–H groups in total. The molecule has 0 fully saturated rings. The number of carboxylic acid groups (broad SMARTS) is 1. The minimum Gasteiger partial charge on any atom is -0.480 e. The van der Waals surface area contributed by atoms with Crippen LogP contribution in [0.25, 0.3) is 0 Å². The van der Waals surface area contributed by atoms with Gasteiger partial charge in [0.05, 0.1) is 0 Å². The third-order valence-electron chi connectivity index (χ3n) is 5.17. The maximum absolute atomic E-state index is 11.9. The highest BCUT2D eigenvalue weighted by atomic mass is 127. The van der Waals surface area contributed by atoms with Gasteiger partial charge in [0.15, 0.2) is 0 Å². The Kier molecular flexibility index (Phi) is 11.4. The summed E-state index contributed by atoms with van der Waals surface area (Å²) in [6.45, 7) is 4.34. The first kappa shape index (κ1) is 22.5. The largest absolute Gasteiger partial charge is 0.480 e. The van der Waals surface area contributed by atoms with Gasteiger partial charge < -0.3 is 5.11 Å². The Labute approximate surface area is 167 Å². The fourth-order valence-corrected chi connectivity index (χ4v) is 4.11. The Morgan fingerprint density at radius 2 is 1.44 bits per heavy atom. The summed E-state index contributed by atoms with van der Waals surface area (Å²) in [4.78, 5) is 11.9. The van der Waals surface area contributed by atoms with Gasteiger partial charge in [-0.1, -0.05) is 131 Å². The number of benzene rings is 1. The van der Waals surface area contributed by atoms with Crippen molar-refractivity contribution in [2.45, 2.75) is 87.9 Å². The van der Waals surface area contributed by atoms with Gasteiger partial charge >= 0.3 is 5.97 Å². The predicted octanol–water partition coefficient (Wildman–Crippen LogP) is 7.35. The number of hydrogen-bond donors (Lipinski definition) is 1. The molecular weight excluding hydrogens is 423 g/mol. The molecule has 0 bridgehead atoms. The molecule has 2 unspecified atom stereocenters. The molecule has 0 aliphatic heterocycles. The van der Waals surface area contributed by atoms with Crippen LogP contribution in [-0.4, -0.2) is 11.1 Å². The highest BCUT2D eigenvalue weighted by molar-refractivity contribution is 14.1.